The van der Waals surface area contributed by atoms with Crippen molar-refractivity contribution < 1.29 is 5.11 Å². The second-order valence-electron chi connectivity index (χ2n) is 4.41. The molecule has 2 rings (SSSR count). The fraction of sp³-hybridized carbons (Fsp3) is 0.636. The number of aliphatic hydroxyl groups excluding tert-OH is 1. The van der Waals surface area contributed by atoms with Crippen molar-refractivity contribution in [3.63, 3.8) is 0 Å². The van der Waals surface area contributed by atoms with Crippen molar-refractivity contribution in [1.82, 2.24) is 15.3 Å². The smallest absolute Gasteiger partial charge is 0.0829 e. The summed E-state index contributed by atoms with van der Waals surface area (Å²) in [6.07, 6.45) is 7.60. The lowest BCUT2D eigenvalue weighted by Gasteiger charge is -2.27. The van der Waals surface area contributed by atoms with Crippen LogP contribution in [0.2, 0.25) is 0 Å². The Morgan fingerprint density at radius 3 is 2.87 bits per heavy atom. The summed E-state index contributed by atoms with van der Waals surface area (Å²) < 4.78 is 0. The molecule has 2 N–H and O–H groups in total. The van der Waals surface area contributed by atoms with Gasteiger partial charge in [-0.3, -0.25) is 9.97 Å². The molecule has 0 spiro atoms. The SMILES string of the molecule is CC(CO)(NCC1CC1)c1cnccn1. The third kappa shape index (κ3) is 2.52. The minimum absolute atomic E-state index is 0.0401. The van der Waals surface area contributed by atoms with Gasteiger partial charge < -0.3 is 10.4 Å². The van der Waals surface area contributed by atoms with Crippen LogP contribution in [0.15, 0.2) is 18.6 Å². The van der Waals surface area contributed by atoms with Crippen LogP contribution < -0.4 is 5.32 Å². The predicted octanol–water partition coefficient (Wildman–Crippen LogP) is 0.684. The summed E-state index contributed by atoms with van der Waals surface area (Å²) in [6.45, 7) is 2.95. The molecular weight excluding hydrogens is 190 g/mol. The molecule has 0 bridgehead atoms. The molecule has 1 fully saturated rings. The maximum Gasteiger partial charge on any atom is 0.0829 e. The minimum Gasteiger partial charge on any atom is -0.394 e. The first-order valence-corrected chi connectivity index (χ1v) is 5.37. The van der Waals surface area contributed by atoms with Crippen LogP contribution in [-0.2, 0) is 5.54 Å². The normalized spacial score (nSPS) is 19.9. The summed E-state index contributed by atoms with van der Waals surface area (Å²) in [6, 6.07) is 0. The number of aliphatic hydroxyl groups is 1. The Bertz CT molecular complexity index is 313. The first-order valence-electron chi connectivity index (χ1n) is 5.37. The Morgan fingerprint density at radius 2 is 2.33 bits per heavy atom. The molecular formula is C11H17N3O. The zero-order chi connectivity index (χ0) is 10.7. The second kappa shape index (κ2) is 4.24. The van der Waals surface area contributed by atoms with Crippen molar-refractivity contribution in [3.8, 4) is 0 Å². The van der Waals surface area contributed by atoms with Crippen LogP contribution in [0.1, 0.15) is 25.5 Å². The topological polar surface area (TPSA) is 58.0 Å². The molecule has 82 valence electrons. The molecule has 1 atom stereocenters. The zero-order valence-corrected chi connectivity index (χ0v) is 8.98. The number of aromatic nitrogens is 2. The van der Waals surface area contributed by atoms with Crippen molar-refractivity contribution in [3.05, 3.63) is 24.3 Å². The number of nitrogens with one attached hydrogen (secondary N) is 1. The second-order valence-corrected chi connectivity index (χ2v) is 4.41. The van der Waals surface area contributed by atoms with E-state index in [2.05, 4.69) is 15.3 Å². The molecule has 1 aromatic rings. The number of hydrogen-bond acceptors (Lipinski definition) is 4. The molecule has 0 aliphatic heterocycles. The largest absolute Gasteiger partial charge is 0.394 e. The van der Waals surface area contributed by atoms with Crippen LogP contribution in [-0.4, -0.2) is 28.2 Å². The van der Waals surface area contributed by atoms with Gasteiger partial charge in [-0.05, 0) is 32.2 Å². The quantitative estimate of drug-likeness (QED) is 0.745. The highest BCUT2D eigenvalue weighted by Crippen LogP contribution is 2.29. The van der Waals surface area contributed by atoms with E-state index >= 15 is 0 Å². The van der Waals surface area contributed by atoms with Crippen molar-refractivity contribution >= 4 is 0 Å². The predicted molar refractivity (Wildman–Crippen MR) is 57.2 cm³/mol. The highest BCUT2D eigenvalue weighted by molar-refractivity contribution is 5.10. The summed E-state index contributed by atoms with van der Waals surface area (Å²) in [7, 11) is 0. The van der Waals surface area contributed by atoms with Crippen LogP contribution in [0, 0.1) is 5.92 Å². The average molecular weight is 207 g/mol. The Morgan fingerprint density at radius 1 is 1.53 bits per heavy atom. The van der Waals surface area contributed by atoms with Gasteiger partial charge in [0.25, 0.3) is 0 Å². The van der Waals surface area contributed by atoms with Gasteiger partial charge in [0.05, 0.1) is 24.0 Å². The van der Waals surface area contributed by atoms with Gasteiger partial charge in [-0.25, -0.2) is 0 Å². The van der Waals surface area contributed by atoms with E-state index in [0.29, 0.717) is 0 Å². The van der Waals surface area contributed by atoms with Crippen molar-refractivity contribution in [1.29, 1.82) is 0 Å². The number of hydrogen-bond donors (Lipinski definition) is 2. The molecule has 0 amide bonds. The molecule has 1 saturated carbocycles. The van der Waals surface area contributed by atoms with Crippen LogP contribution >= 0.6 is 0 Å². The molecule has 0 radical (unpaired) electrons. The maximum atomic E-state index is 9.44. The Balaban J connectivity index is 2.05. The van der Waals surface area contributed by atoms with Crippen LogP contribution in [0.3, 0.4) is 0 Å². The first-order chi connectivity index (χ1) is 7.24. The number of rotatable bonds is 5. The van der Waals surface area contributed by atoms with Gasteiger partial charge in [0.2, 0.25) is 0 Å². The van der Waals surface area contributed by atoms with Crippen LogP contribution in [0.4, 0.5) is 0 Å². The third-order valence-electron chi connectivity index (χ3n) is 2.92. The molecule has 4 heteroatoms. The lowest BCUT2D eigenvalue weighted by atomic mass is 9.99. The highest BCUT2D eigenvalue weighted by atomic mass is 16.3. The van der Waals surface area contributed by atoms with Gasteiger partial charge in [-0.2, -0.15) is 0 Å². The standard InChI is InChI=1S/C11H17N3O/c1-11(8-15,14-6-9-2-3-9)10-7-12-4-5-13-10/h4-5,7,9,14-15H,2-3,6,8H2,1H3. The van der Waals surface area contributed by atoms with E-state index in [0.717, 1.165) is 18.2 Å². The Labute approximate surface area is 89.8 Å². The minimum atomic E-state index is -0.461. The molecule has 1 unspecified atom stereocenters. The summed E-state index contributed by atoms with van der Waals surface area (Å²) in [5.41, 5.74) is 0.338. The lowest BCUT2D eigenvalue weighted by Crippen LogP contribution is -2.44. The lowest BCUT2D eigenvalue weighted by molar-refractivity contribution is 0.170. The molecule has 0 aromatic carbocycles. The van der Waals surface area contributed by atoms with E-state index in [1.165, 1.54) is 12.8 Å². The van der Waals surface area contributed by atoms with Crippen LogP contribution in [0.5, 0.6) is 0 Å². The van der Waals surface area contributed by atoms with Crippen molar-refractivity contribution in [2.24, 2.45) is 5.92 Å². The Kier molecular flexibility index (Phi) is 2.98. The summed E-state index contributed by atoms with van der Waals surface area (Å²) in [4.78, 5) is 8.26. The van der Waals surface area contributed by atoms with E-state index in [1.54, 1.807) is 18.6 Å². The van der Waals surface area contributed by atoms with Gasteiger partial charge in [-0.15, -0.1) is 0 Å². The van der Waals surface area contributed by atoms with E-state index in [9.17, 15) is 5.11 Å². The van der Waals surface area contributed by atoms with Crippen molar-refractivity contribution in [2.45, 2.75) is 25.3 Å². The maximum absolute atomic E-state index is 9.44. The first kappa shape index (κ1) is 10.5. The molecule has 0 saturated heterocycles. The third-order valence-corrected chi connectivity index (χ3v) is 2.92. The van der Waals surface area contributed by atoms with Crippen LogP contribution in [0.25, 0.3) is 0 Å². The van der Waals surface area contributed by atoms with E-state index < -0.39 is 5.54 Å². The average Bonchev–Trinajstić information content (AvgIpc) is 3.11. The summed E-state index contributed by atoms with van der Waals surface area (Å²) in [5.74, 6) is 0.785. The van der Waals surface area contributed by atoms with Gasteiger partial charge >= 0.3 is 0 Å². The monoisotopic (exact) mass is 207 g/mol. The molecule has 1 heterocycles. The van der Waals surface area contributed by atoms with Gasteiger partial charge in [0, 0.05) is 12.4 Å². The molecule has 1 aliphatic carbocycles. The van der Waals surface area contributed by atoms with Gasteiger partial charge in [0.1, 0.15) is 0 Å². The fourth-order valence-electron chi connectivity index (χ4n) is 1.50. The number of nitrogens with zero attached hydrogens (tertiary/aromatic N) is 2. The summed E-state index contributed by atoms with van der Waals surface area (Å²) >= 11 is 0. The van der Waals surface area contributed by atoms with Crippen molar-refractivity contribution in [2.75, 3.05) is 13.2 Å². The van der Waals surface area contributed by atoms with E-state index in [1.807, 2.05) is 6.92 Å². The van der Waals surface area contributed by atoms with Gasteiger partial charge in [-0.1, -0.05) is 0 Å². The van der Waals surface area contributed by atoms with Gasteiger partial charge in [0.15, 0.2) is 0 Å². The molecule has 1 aromatic heterocycles. The Hall–Kier alpha value is -1.00. The fourth-order valence-corrected chi connectivity index (χ4v) is 1.50. The molecule has 15 heavy (non-hydrogen) atoms. The van der Waals surface area contributed by atoms with E-state index in [-0.39, 0.29) is 6.61 Å². The highest BCUT2D eigenvalue weighted by Gasteiger charge is 2.30. The molecule has 4 nitrogen and oxygen atoms in total. The summed E-state index contributed by atoms with van der Waals surface area (Å²) in [5, 5.41) is 12.8. The molecule has 1 aliphatic rings. The van der Waals surface area contributed by atoms with E-state index in [4.69, 9.17) is 0 Å². The zero-order valence-electron chi connectivity index (χ0n) is 8.98.